The van der Waals surface area contributed by atoms with Gasteiger partial charge in [-0.2, -0.15) is 0 Å². The number of hydrogen-bond acceptors (Lipinski definition) is 4. The van der Waals surface area contributed by atoms with E-state index in [0.29, 0.717) is 35.5 Å². The number of rotatable bonds is 10. The van der Waals surface area contributed by atoms with Gasteiger partial charge in [0.25, 0.3) is 11.8 Å². The van der Waals surface area contributed by atoms with Crippen LogP contribution in [0.25, 0.3) is 10.8 Å². The number of benzene rings is 4. The van der Waals surface area contributed by atoms with Crippen LogP contribution in [-0.2, 0) is 16.8 Å². The molecule has 0 aromatic heterocycles. The number of hydrogen-bond donors (Lipinski definition) is 3. The van der Waals surface area contributed by atoms with Crippen LogP contribution >= 0.6 is 0 Å². The molecule has 0 spiro atoms. The third-order valence-electron chi connectivity index (χ3n) is 7.15. The third-order valence-corrected chi connectivity index (χ3v) is 7.15. The van der Waals surface area contributed by atoms with Crippen LogP contribution in [0.2, 0.25) is 0 Å². The molecule has 0 bridgehead atoms. The highest BCUT2D eigenvalue weighted by atomic mass is 16.5. The SMILES string of the molecule is CNC(=O)c1ccc(Oc2ccc(CCCC(=O)O)c(C(=O)NC3(c4cccc5ccccc45)CC3)c2)cc1. The lowest BCUT2D eigenvalue weighted by Crippen LogP contribution is -2.35. The van der Waals surface area contributed by atoms with E-state index < -0.39 is 11.5 Å². The number of carbonyl (C=O) groups excluding carboxylic acids is 2. The van der Waals surface area contributed by atoms with Gasteiger partial charge >= 0.3 is 5.97 Å². The Morgan fingerprint density at radius 1 is 0.872 bits per heavy atom. The van der Waals surface area contributed by atoms with Crippen LogP contribution < -0.4 is 15.4 Å². The summed E-state index contributed by atoms with van der Waals surface area (Å²) >= 11 is 0. The molecule has 4 aromatic rings. The largest absolute Gasteiger partial charge is 0.481 e. The summed E-state index contributed by atoms with van der Waals surface area (Å²) in [5.41, 5.74) is 2.41. The summed E-state index contributed by atoms with van der Waals surface area (Å²) < 4.78 is 6.02. The van der Waals surface area contributed by atoms with Crippen LogP contribution in [-0.4, -0.2) is 29.9 Å². The molecule has 39 heavy (non-hydrogen) atoms. The summed E-state index contributed by atoms with van der Waals surface area (Å²) in [6.07, 6.45) is 2.59. The van der Waals surface area contributed by atoms with E-state index in [-0.39, 0.29) is 18.2 Å². The highest BCUT2D eigenvalue weighted by molar-refractivity contribution is 5.98. The van der Waals surface area contributed by atoms with E-state index in [4.69, 9.17) is 9.84 Å². The smallest absolute Gasteiger partial charge is 0.303 e. The Morgan fingerprint density at radius 3 is 2.31 bits per heavy atom. The van der Waals surface area contributed by atoms with Crippen LogP contribution in [0.15, 0.2) is 84.9 Å². The van der Waals surface area contributed by atoms with E-state index in [2.05, 4.69) is 34.9 Å². The molecule has 7 nitrogen and oxygen atoms in total. The molecule has 7 heteroatoms. The maximum atomic E-state index is 13.8. The summed E-state index contributed by atoms with van der Waals surface area (Å²) in [6, 6.07) is 26.4. The van der Waals surface area contributed by atoms with Crippen LogP contribution in [0.4, 0.5) is 0 Å². The lowest BCUT2D eigenvalue weighted by molar-refractivity contribution is -0.137. The maximum Gasteiger partial charge on any atom is 0.303 e. The van der Waals surface area contributed by atoms with Gasteiger partial charge in [0.2, 0.25) is 0 Å². The molecule has 0 saturated heterocycles. The molecular weight excluding hydrogens is 492 g/mol. The van der Waals surface area contributed by atoms with Crippen LogP contribution in [0.5, 0.6) is 11.5 Å². The monoisotopic (exact) mass is 522 g/mol. The maximum absolute atomic E-state index is 13.8. The van der Waals surface area contributed by atoms with Crippen molar-refractivity contribution in [2.45, 2.75) is 37.6 Å². The van der Waals surface area contributed by atoms with Crippen molar-refractivity contribution in [2.24, 2.45) is 0 Å². The van der Waals surface area contributed by atoms with Crippen molar-refractivity contribution in [1.29, 1.82) is 0 Å². The van der Waals surface area contributed by atoms with Gasteiger partial charge in [-0.3, -0.25) is 14.4 Å². The minimum absolute atomic E-state index is 0.0247. The number of fused-ring (bicyclic) bond motifs is 1. The Kier molecular flexibility index (Phi) is 7.32. The number of ether oxygens (including phenoxy) is 1. The molecule has 198 valence electrons. The zero-order valence-electron chi connectivity index (χ0n) is 21.7. The van der Waals surface area contributed by atoms with Crippen LogP contribution in [0, 0.1) is 0 Å². The second kappa shape index (κ2) is 11.0. The van der Waals surface area contributed by atoms with Crippen LogP contribution in [0.1, 0.15) is 57.5 Å². The van der Waals surface area contributed by atoms with Crippen molar-refractivity contribution in [1.82, 2.24) is 10.6 Å². The predicted octanol–water partition coefficient (Wildman–Crippen LogP) is 5.82. The minimum Gasteiger partial charge on any atom is -0.481 e. The van der Waals surface area contributed by atoms with Gasteiger partial charge in [-0.05, 0) is 84.0 Å². The van der Waals surface area contributed by atoms with Crippen LogP contribution in [0.3, 0.4) is 0 Å². The lowest BCUT2D eigenvalue weighted by atomic mass is 9.95. The first kappa shape index (κ1) is 26.0. The topological polar surface area (TPSA) is 105 Å². The van der Waals surface area contributed by atoms with Gasteiger partial charge in [0.05, 0.1) is 5.54 Å². The van der Waals surface area contributed by atoms with Gasteiger partial charge in [-0.25, -0.2) is 0 Å². The molecule has 0 unspecified atom stereocenters. The van der Waals surface area contributed by atoms with Gasteiger partial charge < -0.3 is 20.5 Å². The van der Waals surface area contributed by atoms with Crippen molar-refractivity contribution in [2.75, 3.05) is 7.05 Å². The first-order valence-corrected chi connectivity index (χ1v) is 13.0. The molecule has 1 aliphatic carbocycles. The average molecular weight is 523 g/mol. The lowest BCUT2D eigenvalue weighted by Gasteiger charge is -2.21. The molecule has 1 saturated carbocycles. The molecule has 5 rings (SSSR count). The molecule has 0 radical (unpaired) electrons. The van der Waals surface area contributed by atoms with Gasteiger partial charge in [-0.15, -0.1) is 0 Å². The minimum atomic E-state index is -0.867. The number of nitrogens with one attached hydrogen (secondary N) is 2. The molecular formula is C32H30N2O5. The number of carboxylic acid groups (broad SMARTS) is 1. The fourth-order valence-corrected chi connectivity index (χ4v) is 4.95. The van der Waals surface area contributed by atoms with Gasteiger partial charge in [0, 0.05) is 24.6 Å². The summed E-state index contributed by atoms with van der Waals surface area (Å²) in [7, 11) is 1.57. The first-order chi connectivity index (χ1) is 18.9. The van der Waals surface area contributed by atoms with E-state index in [1.165, 1.54) is 0 Å². The fourth-order valence-electron chi connectivity index (χ4n) is 4.95. The molecule has 4 aromatic carbocycles. The normalized spacial score (nSPS) is 13.5. The number of carboxylic acids is 1. The molecule has 3 N–H and O–H groups in total. The van der Waals surface area contributed by atoms with E-state index in [9.17, 15) is 14.4 Å². The van der Waals surface area contributed by atoms with Gasteiger partial charge in [0.1, 0.15) is 11.5 Å². The average Bonchev–Trinajstić information content (AvgIpc) is 3.73. The zero-order chi connectivity index (χ0) is 27.4. The second-order valence-corrected chi connectivity index (χ2v) is 9.83. The Balaban J connectivity index is 1.42. The highest BCUT2D eigenvalue weighted by Crippen LogP contribution is 2.48. The van der Waals surface area contributed by atoms with Crippen molar-refractivity contribution in [3.8, 4) is 11.5 Å². The molecule has 0 heterocycles. The molecule has 0 aliphatic heterocycles. The van der Waals surface area contributed by atoms with Crippen molar-refractivity contribution in [3.05, 3.63) is 107 Å². The first-order valence-electron chi connectivity index (χ1n) is 13.0. The van der Waals surface area contributed by atoms with Crippen molar-refractivity contribution in [3.63, 3.8) is 0 Å². The standard InChI is InChI=1S/C32H30N2O5/c1-33-30(37)23-13-15-24(16-14-23)39-25-17-12-22(8-5-11-29(35)36)27(20-25)31(38)34-32(18-19-32)28-10-4-7-21-6-2-3-9-26(21)28/h2-4,6-7,9-10,12-17,20H,5,8,11,18-19H2,1H3,(H,33,37)(H,34,38)(H,35,36). The fraction of sp³-hybridized carbons (Fsp3) is 0.219. The van der Waals surface area contributed by atoms with Crippen molar-refractivity contribution >= 4 is 28.6 Å². The summed E-state index contributed by atoms with van der Waals surface area (Å²) in [5, 5.41) is 17.2. The summed E-state index contributed by atoms with van der Waals surface area (Å²) in [6.45, 7) is 0. The third kappa shape index (κ3) is 5.77. The predicted molar refractivity (Wildman–Crippen MR) is 149 cm³/mol. The van der Waals surface area contributed by atoms with E-state index in [1.54, 1.807) is 43.4 Å². The Morgan fingerprint density at radius 2 is 1.59 bits per heavy atom. The van der Waals surface area contributed by atoms with E-state index in [0.717, 1.165) is 34.7 Å². The summed E-state index contributed by atoms with van der Waals surface area (Å²) in [5.74, 6) is -0.265. The van der Waals surface area contributed by atoms with E-state index >= 15 is 0 Å². The second-order valence-electron chi connectivity index (χ2n) is 9.83. The Hall–Kier alpha value is -4.65. The van der Waals surface area contributed by atoms with Gasteiger partial charge in [0.15, 0.2) is 0 Å². The zero-order valence-corrected chi connectivity index (χ0v) is 21.7. The van der Waals surface area contributed by atoms with Crippen molar-refractivity contribution < 1.29 is 24.2 Å². The molecule has 2 amide bonds. The quantitative estimate of drug-likeness (QED) is 0.244. The number of aliphatic carboxylic acids is 1. The summed E-state index contributed by atoms with van der Waals surface area (Å²) in [4.78, 5) is 36.7. The Bertz CT molecular complexity index is 1530. The molecule has 1 aliphatic rings. The Labute approximate surface area is 226 Å². The molecule has 1 fully saturated rings. The van der Waals surface area contributed by atoms with E-state index in [1.807, 2.05) is 24.3 Å². The number of amides is 2. The number of aryl methyl sites for hydroxylation is 1. The van der Waals surface area contributed by atoms with Gasteiger partial charge in [-0.1, -0.05) is 48.5 Å². The highest BCUT2D eigenvalue weighted by Gasteiger charge is 2.46. The molecule has 0 atom stereocenters. The number of carbonyl (C=O) groups is 3.